The molecule has 5 heteroatoms. The molecule has 0 unspecified atom stereocenters. The average Bonchev–Trinajstić information content (AvgIpc) is 2.58. The van der Waals surface area contributed by atoms with Crippen LogP contribution in [0.2, 0.25) is 10.0 Å². The SMILES string of the molecule is CCCCc1cc(=O)oc2cc(OCc3ccc(Cl)cc3Cl)ccc12. The van der Waals surface area contributed by atoms with Crippen LogP contribution in [-0.4, -0.2) is 0 Å². The molecule has 0 saturated carbocycles. The van der Waals surface area contributed by atoms with E-state index in [1.807, 2.05) is 18.2 Å². The van der Waals surface area contributed by atoms with Gasteiger partial charge in [0, 0.05) is 33.1 Å². The topological polar surface area (TPSA) is 39.4 Å². The average molecular weight is 377 g/mol. The van der Waals surface area contributed by atoms with Gasteiger partial charge in [0.15, 0.2) is 0 Å². The van der Waals surface area contributed by atoms with Crippen molar-refractivity contribution in [1.82, 2.24) is 0 Å². The van der Waals surface area contributed by atoms with Crippen LogP contribution >= 0.6 is 23.2 Å². The zero-order valence-electron chi connectivity index (χ0n) is 13.9. The molecule has 0 bridgehead atoms. The Morgan fingerprint density at radius 1 is 1.04 bits per heavy atom. The van der Waals surface area contributed by atoms with E-state index in [0.29, 0.717) is 28.0 Å². The van der Waals surface area contributed by atoms with E-state index < -0.39 is 0 Å². The van der Waals surface area contributed by atoms with Gasteiger partial charge in [-0.15, -0.1) is 0 Å². The van der Waals surface area contributed by atoms with E-state index in [2.05, 4.69) is 6.92 Å². The molecule has 0 spiro atoms. The first kappa shape index (κ1) is 17.8. The summed E-state index contributed by atoms with van der Waals surface area (Å²) < 4.78 is 11.1. The molecular weight excluding hydrogens is 359 g/mol. The number of ether oxygens (including phenoxy) is 1. The molecule has 0 radical (unpaired) electrons. The van der Waals surface area contributed by atoms with Crippen LogP contribution in [0.5, 0.6) is 5.75 Å². The third kappa shape index (κ3) is 4.36. The van der Waals surface area contributed by atoms with E-state index in [1.54, 1.807) is 24.3 Å². The largest absolute Gasteiger partial charge is 0.489 e. The van der Waals surface area contributed by atoms with Crippen molar-refractivity contribution in [1.29, 1.82) is 0 Å². The second kappa shape index (κ2) is 7.94. The summed E-state index contributed by atoms with van der Waals surface area (Å²) >= 11 is 12.1. The smallest absolute Gasteiger partial charge is 0.336 e. The molecule has 3 rings (SSSR count). The van der Waals surface area contributed by atoms with Crippen LogP contribution in [0.15, 0.2) is 51.7 Å². The molecular formula is C20H18Cl2O3. The Labute approximate surface area is 156 Å². The maximum atomic E-state index is 11.8. The number of aryl methyl sites for hydroxylation is 1. The van der Waals surface area contributed by atoms with Gasteiger partial charge in [-0.25, -0.2) is 4.79 Å². The zero-order valence-corrected chi connectivity index (χ0v) is 15.4. The van der Waals surface area contributed by atoms with Crippen LogP contribution in [0.3, 0.4) is 0 Å². The van der Waals surface area contributed by atoms with Crippen molar-refractivity contribution in [2.24, 2.45) is 0 Å². The molecule has 0 atom stereocenters. The number of halogens is 2. The maximum Gasteiger partial charge on any atom is 0.336 e. The van der Waals surface area contributed by atoms with Gasteiger partial charge < -0.3 is 9.15 Å². The van der Waals surface area contributed by atoms with E-state index >= 15 is 0 Å². The Morgan fingerprint density at radius 2 is 1.88 bits per heavy atom. The Hall–Kier alpha value is -1.97. The lowest BCUT2D eigenvalue weighted by atomic mass is 10.0. The van der Waals surface area contributed by atoms with Gasteiger partial charge in [-0.1, -0.05) is 42.6 Å². The molecule has 0 aliphatic rings. The van der Waals surface area contributed by atoms with Crippen LogP contribution < -0.4 is 10.4 Å². The fourth-order valence-electron chi connectivity index (χ4n) is 2.67. The summed E-state index contributed by atoms with van der Waals surface area (Å²) in [4.78, 5) is 11.8. The van der Waals surface area contributed by atoms with Crippen LogP contribution in [0.1, 0.15) is 30.9 Å². The summed E-state index contributed by atoms with van der Waals surface area (Å²) in [5, 5.41) is 2.09. The number of hydrogen-bond acceptors (Lipinski definition) is 3. The second-order valence-corrected chi connectivity index (χ2v) is 6.72. The van der Waals surface area contributed by atoms with Gasteiger partial charge in [0.25, 0.3) is 0 Å². The summed E-state index contributed by atoms with van der Waals surface area (Å²) in [6.45, 7) is 2.43. The summed E-state index contributed by atoms with van der Waals surface area (Å²) in [5.41, 5.74) is 2.06. The van der Waals surface area contributed by atoms with Crippen LogP contribution in [0.25, 0.3) is 11.0 Å². The Kier molecular flexibility index (Phi) is 5.67. The van der Waals surface area contributed by atoms with Gasteiger partial charge >= 0.3 is 5.63 Å². The first-order valence-electron chi connectivity index (χ1n) is 8.20. The zero-order chi connectivity index (χ0) is 17.8. The van der Waals surface area contributed by atoms with Crippen molar-refractivity contribution < 1.29 is 9.15 Å². The van der Waals surface area contributed by atoms with Gasteiger partial charge in [-0.05, 0) is 42.7 Å². The lowest BCUT2D eigenvalue weighted by molar-refractivity contribution is 0.306. The van der Waals surface area contributed by atoms with Crippen molar-refractivity contribution in [3.8, 4) is 5.75 Å². The van der Waals surface area contributed by atoms with Crippen molar-refractivity contribution >= 4 is 34.2 Å². The minimum absolute atomic E-state index is 0.307. The predicted octanol–water partition coefficient (Wildman–Crippen LogP) is 6.02. The molecule has 0 saturated heterocycles. The Bertz CT molecular complexity index is 947. The highest BCUT2D eigenvalue weighted by atomic mass is 35.5. The Morgan fingerprint density at radius 3 is 2.64 bits per heavy atom. The number of unbranched alkanes of at least 4 members (excludes halogenated alkanes) is 1. The minimum atomic E-state index is -0.337. The Balaban J connectivity index is 1.84. The molecule has 1 heterocycles. The van der Waals surface area contributed by atoms with Crippen LogP contribution in [0.4, 0.5) is 0 Å². The van der Waals surface area contributed by atoms with E-state index in [1.165, 1.54) is 0 Å². The van der Waals surface area contributed by atoms with Crippen LogP contribution in [-0.2, 0) is 13.0 Å². The monoisotopic (exact) mass is 376 g/mol. The highest BCUT2D eigenvalue weighted by molar-refractivity contribution is 6.35. The van der Waals surface area contributed by atoms with Gasteiger partial charge in [-0.2, -0.15) is 0 Å². The van der Waals surface area contributed by atoms with Crippen molar-refractivity contribution in [3.63, 3.8) is 0 Å². The number of rotatable bonds is 6. The summed E-state index contributed by atoms with van der Waals surface area (Å²) in [6.07, 6.45) is 2.97. The molecule has 0 fully saturated rings. The normalized spacial score (nSPS) is 11.0. The molecule has 1 aromatic heterocycles. The third-order valence-electron chi connectivity index (χ3n) is 4.01. The first-order chi connectivity index (χ1) is 12.1. The second-order valence-electron chi connectivity index (χ2n) is 5.88. The summed E-state index contributed by atoms with van der Waals surface area (Å²) in [5.74, 6) is 0.620. The van der Waals surface area contributed by atoms with Gasteiger partial charge in [0.2, 0.25) is 0 Å². The lowest BCUT2D eigenvalue weighted by Gasteiger charge is -2.10. The number of hydrogen-bond donors (Lipinski definition) is 0. The van der Waals surface area contributed by atoms with E-state index in [-0.39, 0.29) is 5.63 Å². The molecule has 2 aromatic carbocycles. The number of benzene rings is 2. The molecule has 25 heavy (non-hydrogen) atoms. The van der Waals surface area contributed by atoms with Crippen molar-refractivity contribution in [3.05, 3.63) is 74.1 Å². The molecule has 130 valence electrons. The van der Waals surface area contributed by atoms with Crippen molar-refractivity contribution in [2.45, 2.75) is 32.8 Å². The lowest BCUT2D eigenvalue weighted by Crippen LogP contribution is -2.01. The molecule has 0 N–H and O–H groups in total. The highest BCUT2D eigenvalue weighted by Gasteiger charge is 2.08. The molecule has 0 aliphatic carbocycles. The molecule has 3 nitrogen and oxygen atoms in total. The highest BCUT2D eigenvalue weighted by Crippen LogP contribution is 2.26. The quantitative estimate of drug-likeness (QED) is 0.493. The standard InChI is InChI=1S/C20H18Cl2O3/c1-2-3-4-13-9-20(23)25-19-11-16(7-8-17(13)19)24-12-14-5-6-15(21)10-18(14)22/h5-11H,2-4,12H2,1H3. The van der Waals surface area contributed by atoms with Gasteiger partial charge in [0.1, 0.15) is 17.9 Å². The van der Waals surface area contributed by atoms with E-state index in [9.17, 15) is 4.79 Å². The fourth-order valence-corrected chi connectivity index (χ4v) is 3.14. The first-order valence-corrected chi connectivity index (χ1v) is 8.96. The third-order valence-corrected chi connectivity index (χ3v) is 4.60. The van der Waals surface area contributed by atoms with E-state index in [0.717, 1.165) is 35.8 Å². The van der Waals surface area contributed by atoms with Gasteiger partial charge in [-0.3, -0.25) is 0 Å². The van der Waals surface area contributed by atoms with E-state index in [4.69, 9.17) is 32.4 Å². The molecule has 0 amide bonds. The predicted molar refractivity (Wildman–Crippen MR) is 102 cm³/mol. The summed E-state index contributed by atoms with van der Waals surface area (Å²) in [6, 6.07) is 12.4. The minimum Gasteiger partial charge on any atom is -0.489 e. The van der Waals surface area contributed by atoms with Crippen LogP contribution in [0, 0.1) is 0 Å². The fraction of sp³-hybridized carbons (Fsp3) is 0.250. The summed E-state index contributed by atoms with van der Waals surface area (Å²) in [7, 11) is 0. The molecule has 3 aromatic rings. The number of fused-ring (bicyclic) bond motifs is 1. The molecule has 0 aliphatic heterocycles. The maximum absolute atomic E-state index is 11.8. The van der Waals surface area contributed by atoms with Crippen molar-refractivity contribution in [2.75, 3.05) is 0 Å². The van der Waals surface area contributed by atoms with Gasteiger partial charge in [0.05, 0.1) is 0 Å².